The van der Waals surface area contributed by atoms with E-state index in [4.69, 9.17) is 4.98 Å². The van der Waals surface area contributed by atoms with Gasteiger partial charge in [0.25, 0.3) is 0 Å². The molecule has 2 saturated heterocycles. The maximum atomic E-state index is 4.93. The van der Waals surface area contributed by atoms with Crippen LogP contribution in [0.15, 0.2) is 42.9 Å². The van der Waals surface area contributed by atoms with E-state index in [9.17, 15) is 0 Å². The van der Waals surface area contributed by atoms with Crippen LogP contribution in [0, 0.1) is 11.8 Å². The van der Waals surface area contributed by atoms with Crippen molar-refractivity contribution in [1.82, 2.24) is 24.8 Å². The van der Waals surface area contributed by atoms with E-state index in [-0.39, 0.29) is 0 Å². The quantitative estimate of drug-likeness (QED) is 0.765. The molecular formula is C21H25N5. The van der Waals surface area contributed by atoms with Crippen LogP contribution in [0.1, 0.15) is 39.2 Å². The van der Waals surface area contributed by atoms with E-state index in [1.54, 1.807) is 12.4 Å². The van der Waals surface area contributed by atoms with Crippen molar-refractivity contribution in [2.24, 2.45) is 11.8 Å². The van der Waals surface area contributed by atoms with Gasteiger partial charge in [0, 0.05) is 30.5 Å². The summed E-state index contributed by atoms with van der Waals surface area (Å²) in [6.45, 7) is 4.78. The highest BCUT2D eigenvalue weighted by Crippen LogP contribution is 2.41. The highest BCUT2D eigenvalue weighted by Gasteiger charge is 2.40. The molecule has 134 valence electrons. The van der Waals surface area contributed by atoms with E-state index >= 15 is 0 Å². The predicted molar refractivity (Wildman–Crippen MR) is 103 cm³/mol. The number of aromatic nitrogens is 4. The first-order valence-corrected chi connectivity index (χ1v) is 9.70. The van der Waals surface area contributed by atoms with Gasteiger partial charge < -0.3 is 9.88 Å². The molecule has 0 radical (unpaired) electrons. The number of imidazole rings is 1. The molecule has 4 heterocycles. The first kappa shape index (κ1) is 15.9. The van der Waals surface area contributed by atoms with Crippen molar-refractivity contribution in [3.05, 3.63) is 42.9 Å². The van der Waals surface area contributed by atoms with Gasteiger partial charge in [0.15, 0.2) is 5.82 Å². The van der Waals surface area contributed by atoms with Crippen molar-refractivity contribution >= 4 is 11.0 Å². The highest BCUT2D eigenvalue weighted by atomic mass is 15.2. The number of para-hydroxylation sites is 2. The smallest absolute Gasteiger partial charge is 0.161 e. The summed E-state index contributed by atoms with van der Waals surface area (Å²) in [4.78, 5) is 13.7. The minimum absolute atomic E-state index is 0.445. The molecule has 3 aromatic rings. The Labute approximate surface area is 153 Å². The zero-order valence-electron chi connectivity index (χ0n) is 15.3. The summed E-state index contributed by atoms with van der Waals surface area (Å²) >= 11 is 0. The molecular weight excluding hydrogens is 322 g/mol. The molecule has 2 aliphatic rings. The SMILES string of the molecule is CC1CC(C)C2CC(n3c(-c4cnccn4)nc4ccccc43)CC1N2. The largest absolute Gasteiger partial charge is 0.319 e. The fourth-order valence-corrected chi connectivity index (χ4v) is 5.02. The van der Waals surface area contributed by atoms with Crippen molar-refractivity contribution in [2.45, 2.75) is 51.2 Å². The molecule has 5 nitrogen and oxygen atoms in total. The van der Waals surface area contributed by atoms with E-state index in [1.807, 2.05) is 6.20 Å². The Balaban J connectivity index is 1.64. The van der Waals surface area contributed by atoms with Crippen LogP contribution in [0.3, 0.4) is 0 Å². The molecule has 0 aliphatic carbocycles. The number of benzene rings is 1. The predicted octanol–water partition coefficient (Wildman–Crippen LogP) is 3.83. The molecule has 0 saturated carbocycles. The molecule has 2 aromatic heterocycles. The Morgan fingerprint density at radius 2 is 1.77 bits per heavy atom. The molecule has 5 rings (SSSR count). The number of nitrogens with one attached hydrogen (secondary N) is 1. The average Bonchev–Trinajstić information content (AvgIpc) is 3.07. The highest BCUT2D eigenvalue weighted by molar-refractivity contribution is 5.80. The summed E-state index contributed by atoms with van der Waals surface area (Å²) in [6.07, 6.45) is 8.92. The van der Waals surface area contributed by atoms with Crippen LogP contribution in [0.2, 0.25) is 0 Å². The van der Waals surface area contributed by atoms with Crippen LogP contribution >= 0.6 is 0 Å². The van der Waals surface area contributed by atoms with E-state index < -0.39 is 0 Å². The summed E-state index contributed by atoms with van der Waals surface area (Å²) < 4.78 is 2.44. The number of rotatable bonds is 2. The van der Waals surface area contributed by atoms with Gasteiger partial charge in [-0.3, -0.25) is 4.98 Å². The van der Waals surface area contributed by atoms with Crippen molar-refractivity contribution in [3.63, 3.8) is 0 Å². The molecule has 2 bridgehead atoms. The lowest BCUT2D eigenvalue weighted by Gasteiger charge is -2.47. The third-order valence-electron chi connectivity index (χ3n) is 6.35. The first-order valence-electron chi connectivity index (χ1n) is 9.70. The zero-order chi connectivity index (χ0) is 17.7. The third kappa shape index (κ3) is 2.53. The van der Waals surface area contributed by atoms with E-state index in [2.05, 4.69) is 58.0 Å². The Kier molecular flexibility index (Phi) is 3.78. The van der Waals surface area contributed by atoms with Crippen LogP contribution in [0.25, 0.3) is 22.6 Å². The second kappa shape index (κ2) is 6.16. The lowest BCUT2D eigenvalue weighted by atomic mass is 9.73. The Bertz CT molecular complexity index is 903. The monoisotopic (exact) mass is 347 g/mol. The van der Waals surface area contributed by atoms with E-state index in [0.29, 0.717) is 18.1 Å². The van der Waals surface area contributed by atoms with Crippen molar-refractivity contribution in [3.8, 4) is 11.5 Å². The van der Waals surface area contributed by atoms with Crippen LogP contribution < -0.4 is 5.32 Å². The van der Waals surface area contributed by atoms with Gasteiger partial charge in [-0.15, -0.1) is 0 Å². The molecule has 2 aliphatic heterocycles. The molecule has 4 atom stereocenters. The van der Waals surface area contributed by atoms with Gasteiger partial charge in [0.05, 0.1) is 17.2 Å². The first-order chi connectivity index (χ1) is 12.7. The molecule has 5 heteroatoms. The van der Waals surface area contributed by atoms with Crippen molar-refractivity contribution in [2.75, 3.05) is 0 Å². The number of hydrogen-bond acceptors (Lipinski definition) is 4. The van der Waals surface area contributed by atoms with Crippen molar-refractivity contribution in [1.29, 1.82) is 0 Å². The summed E-state index contributed by atoms with van der Waals surface area (Å²) in [5.41, 5.74) is 3.10. The molecule has 4 unspecified atom stereocenters. The average molecular weight is 347 g/mol. The van der Waals surface area contributed by atoms with Gasteiger partial charge in [0.2, 0.25) is 0 Å². The number of fused-ring (bicyclic) bond motifs is 3. The van der Waals surface area contributed by atoms with E-state index in [0.717, 1.165) is 41.7 Å². The third-order valence-corrected chi connectivity index (χ3v) is 6.35. The van der Waals surface area contributed by atoms with Crippen LogP contribution in [-0.4, -0.2) is 31.6 Å². The summed E-state index contributed by atoms with van der Waals surface area (Å²) in [6, 6.07) is 10.1. The lowest BCUT2D eigenvalue weighted by molar-refractivity contribution is 0.103. The van der Waals surface area contributed by atoms with Crippen LogP contribution in [-0.2, 0) is 0 Å². The summed E-state index contributed by atoms with van der Waals surface area (Å²) in [5, 5.41) is 3.89. The molecule has 1 aromatic carbocycles. The van der Waals surface area contributed by atoms with Gasteiger partial charge >= 0.3 is 0 Å². The molecule has 0 amide bonds. The Morgan fingerprint density at radius 3 is 2.50 bits per heavy atom. The second-order valence-corrected chi connectivity index (χ2v) is 8.08. The normalized spacial score (nSPS) is 31.2. The number of hydrogen-bond donors (Lipinski definition) is 1. The standard InChI is InChI=1S/C21H25N5/c1-13-9-14(2)18-11-15(10-17(13)24-18)26-20-6-4-3-5-16(20)25-21(26)19-12-22-7-8-23-19/h3-8,12-15,17-18,24H,9-11H2,1-2H3. The van der Waals surface area contributed by atoms with Gasteiger partial charge in [-0.1, -0.05) is 26.0 Å². The minimum atomic E-state index is 0.445. The van der Waals surface area contributed by atoms with Crippen molar-refractivity contribution < 1.29 is 0 Å². The molecule has 1 N–H and O–H groups in total. The summed E-state index contributed by atoms with van der Waals surface area (Å²) in [5.74, 6) is 2.39. The van der Waals surface area contributed by atoms with Gasteiger partial charge in [-0.05, 0) is 43.2 Å². The number of piperidine rings is 2. The molecule has 0 spiro atoms. The topological polar surface area (TPSA) is 55.6 Å². The van der Waals surface area contributed by atoms with Crippen LogP contribution in [0.5, 0.6) is 0 Å². The maximum absolute atomic E-state index is 4.93. The fraction of sp³-hybridized carbons (Fsp3) is 0.476. The summed E-state index contributed by atoms with van der Waals surface area (Å²) in [7, 11) is 0. The Morgan fingerprint density at radius 1 is 1.00 bits per heavy atom. The molecule has 26 heavy (non-hydrogen) atoms. The number of nitrogens with zero attached hydrogens (tertiary/aromatic N) is 4. The van der Waals surface area contributed by atoms with Gasteiger partial charge in [-0.25, -0.2) is 9.97 Å². The van der Waals surface area contributed by atoms with E-state index in [1.165, 1.54) is 11.9 Å². The van der Waals surface area contributed by atoms with Crippen LogP contribution in [0.4, 0.5) is 0 Å². The second-order valence-electron chi connectivity index (χ2n) is 8.08. The Hall–Kier alpha value is -2.27. The zero-order valence-corrected chi connectivity index (χ0v) is 15.3. The maximum Gasteiger partial charge on any atom is 0.161 e. The minimum Gasteiger partial charge on any atom is -0.319 e. The van der Waals surface area contributed by atoms with Gasteiger partial charge in [0.1, 0.15) is 5.69 Å². The fourth-order valence-electron chi connectivity index (χ4n) is 5.02. The van der Waals surface area contributed by atoms with Gasteiger partial charge in [-0.2, -0.15) is 0 Å². The molecule has 2 fully saturated rings. The lowest BCUT2D eigenvalue weighted by Crippen LogP contribution is -2.56.